The summed E-state index contributed by atoms with van der Waals surface area (Å²) < 4.78 is -0.491. The van der Waals surface area contributed by atoms with Crippen molar-refractivity contribution >= 4 is 27.6 Å². The van der Waals surface area contributed by atoms with Crippen LogP contribution in [0.5, 0.6) is 0 Å². The van der Waals surface area contributed by atoms with Crippen molar-refractivity contribution in [3.8, 4) is 0 Å². The molecule has 0 aliphatic carbocycles. The van der Waals surface area contributed by atoms with Gasteiger partial charge in [0.05, 0.1) is 4.32 Å². The number of alkyl halides is 1. The number of Topliss-reactive ketones (excluding diaryl/α,β-unsaturated/α-hetero) is 1. The highest BCUT2D eigenvalue weighted by molar-refractivity contribution is 9.10. The largest absolute Gasteiger partial charge is 0.355 e. The first-order valence-corrected chi connectivity index (χ1v) is 5.54. The highest BCUT2D eigenvalue weighted by Crippen LogP contribution is 2.18. The molecule has 1 amide bonds. The van der Waals surface area contributed by atoms with Crippen LogP contribution in [0.25, 0.3) is 0 Å². The smallest absolute Gasteiger partial charge is 0.222 e. The van der Waals surface area contributed by atoms with Gasteiger partial charge in [-0.2, -0.15) is 0 Å². The predicted octanol–water partition coefficient (Wildman–Crippen LogP) is 1.89. The number of hydrogen-bond acceptors (Lipinski definition) is 2. The average molecular weight is 264 g/mol. The van der Waals surface area contributed by atoms with Crippen molar-refractivity contribution in [3.63, 3.8) is 0 Å². The Hall–Kier alpha value is -0.380. The van der Waals surface area contributed by atoms with Crippen LogP contribution in [0.4, 0.5) is 0 Å². The van der Waals surface area contributed by atoms with Crippen molar-refractivity contribution < 1.29 is 9.59 Å². The summed E-state index contributed by atoms with van der Waals surface area (Å²) in [6, 6.07) is 0. The molecule has 14 heavy (non-hydrogen) atoms. The van der Waals surface area contributed by atoms with Gasteiger partial charge in [-0.25, -0.2) is 0 Å². The SMILES string of the molecule is CC(C)C(=O)NCCC(=O)C(C)(C)Br. The summed E-state index contributed by atoms with van der Waals surface area (Å²) >= 11 is 3.28. The van der Waals surface area contributed by atoms with Gasteiger partial charge in [-0.3, -0.25) is 9.59 Å². The minimum Gasteiger partial charge on any atom is -0.355 e. The van der Waals surface area contributed by atoms with E-state index in [-0.39, 0.29) is 17.6 Å². The minimum atomic E-state index is -0.491. The number of carbonyl (C=O) groups is 2. The number of rotatable bonds is 5. The van der Waals surface area contributed by atoms with E-state index in [1.165, 1.54) is 0 Å². The van der Waals surface area contributed by atoms with E-state index in [0.29, 0.717) is 13.0 Å². The molecule has 0 unspecified atom stereocenters. The van der Waals surface area contributed by atoms with E-state index in [0.717, 1.165) is 0 Å². The van der Waals surface area contributed by atoms with Gasteiger partial charge in [-0.05, 0) is 13.8 Å². The fourth-order valence-electron chi connectivity index (χ4n) is 0.801. The zero-order chi connectivity index (χ0) is 11.4. The van der Waals surface area contributed by atoms with Crippen molar-refractivity contribution in [2.45, 2.75) is 38.4 Å². The Morgan fingerprint density at radius 3 is 2.21 bits per heavy atom. The molecule has 0 atom stereocenters. The number of hydrogen-bond donors (Lipinski definition) is 1. The van der Waals surface area contributed by atoms with Gasteiger partial charge in [0.2, 0.25) is 5.91 Å². The van der Waals surface area contributed by atoms with E-state index in [9.17, 15) is 9.59 Å². The summed E-state index contributed by atoms with van der Waals surface area (Å²) in [5, 5.41) is 2.70. The van der Waals surface area contributed by atoms with Gasteiger partial charge in [0.15, 0.2) is 5.78 Å². The van der Waals surface area contributed by atoms with Gasteiger partial charge in [-0.15, -0.1) is 0 Å². The van der Waals surface area contributed by atoms with Crippen molar-refractivity contribution in [2.24, 2.45) is 5.92 Å². The lowest BCUT2D eigenvalue weighted by Gasteiger charge is -2.14. The van der Waals surface area contributed by atoms with Gasteiger partial charge in [0.1, 0.15) is 0 Å². The van der Waals surface area contributed by atoms with E-state index in [4.69, 9.17) is 0 Å². The highest BCUT2D eigenvalue weighted by Gasteiger charge is 2.22. The maximum absolute atomic E-state index is 11.4. The highest BCUT2D eigenvalue weighted by atomic mass is 79.9. The summed E-state index contributed by atoms with van der Waals surface area (Å²) in [6.07, 6.45) is 0.372. The fraction of sp³-hybridized carbons (Fsp3) is 0.800. The molecule has 82 valence electrons. The number of carbonyl (C=O) groups excluding carboxylic acids is 2. The third-order valence-corrected chi connectivity index (χ3v) is 2.28. The van der Waals surface area contributed by atoms with Crippen LogP contribution in [0.3, 0.4) is 0 Å². The molecule has 0 radical (unpaired) electrons. The number of ketones is 1. The molecule has 0 saturated heterocycles. The molecule has 0 aromatic heterocycles. The monoisotopic (exact) mass is 263 g/mol. The number of nitrogens with one attached hydrogen (secondary N) is 1. The first kappa shape index (κ1) is 13.6. The Morgan fingerprint density at radius 2 is 1.86 bits per heavy atom. The van der Waals surface area contributed by atoms with Gasteiger partial charge in [-0.1, -0.05) is 29.8 Å². The summed E-state index contributed by atoms with van der Waals surface area (Å²) in [6.45, 7) is 7.68. The summed E-state index contributed by atoms with van der Waals surface area (Å²) in [7, 11) is 0. The number of amides is 1. The zero-order valence-corrected chi connectivity index (χ0v) is 10.8. The van der Waals surface area contributed by atoms with Crippen molar-refractivity contribution in [1.29, 1.82) is 0 Å². The second-order valence-electron chi connectivity index (χ2n) is 4.09. The Morgan fingerprint density at radius 1 is 1.36 bits per heavy atom. The lowest BCUT2D eigenvalue weighted by Crippen LogP contribution is -2.33. The van der Waals surface area contributed by atoms with Crippen molar-refractivity contribution in [1.82, 2.24) is 5.32 Å². The van der Waals surface area contributed by atoms with E-state index >= 15 is 0 Å². The molecule has 0 aliphatic rings. The molecule has 1 N–H and O–H groups in total. The Balaban J connectivity index is 3.76. The molecule has 0 aromatic carbocycles. The molecular weight excluding hydrogens is 246 g/mol. The molecule has 3 nitrogen and oxygen atoms in total. The molecule has 4 heteroatoms. The molecule has 0 aromatic rings. The van der Waals surface area contributed by atoms with E-state index in [1.54, 1.807) is 13.8 Å². The first-order chi connectivity index (χ1) is 6.25. The Kier molecular flexibility index (Phi) is 5.34. The second kappa shape index (κ2) is 5.49. The zero-order valence-electron chi connectivity index (χ0n) is 9.19. The first-order valence-electron chi connectivity index (χ1n) is 4.75. The van der Waals surface area contributed by atoms with Crippen LogP contribution in [-0.4, -0.2) is 22.6 Å². The molecule has 0 bridgehead atoms. The van der Waals surface area contributed by atoms with Gasteiger partial charge in [0, 0.05) is 18.9 Å². The van der Waals surface area contributed by atoms with Gasteiger partial charge in [0.25, 0.3) is 0 Å². The summed E-state index contributed by atoms with van der Waals surface area (Å²) in [4.78, 5) is 22.6. The van der Waals surface area contributed by atoms with Crippen LogP contribution in [0.15, 0.2) is 0 Å². The molecular formula is C10H18BrNO2. The van der Waals surface area contributed by atoms with Crippen molar-refractivity contribution in [2.75, 3.05) is 6.54 Å². The third-order valence-electron chi connectivity index (χ3n) is 1.84. The van der Waals surface area contributed by atoms with Crippen LogP contribution in [-0.2, 0) is 9.59 Å². The topological polar surface area (TPSA) is 46.2 Å². The minimum absolute atomic E-state index is 0.00909. The quantitative estimate of drug-likeness (QED) is 0.771. The fourth-order valence-corrected chi connectivity index (χ4v) is 0.999. The van der Waals surface area contributed by atoms with Crippen LogP contribution in [0, 0.1) is 5.92 Å². The van der Waals surface area contributed by atoms with E-state index in [2.05, 4.69) is 21.2 Å². The van der Waals surface area contributed by atoms with Crippen LogP contribution < -0.4 is 5.32 Å². The molecule has 0 spiro atoms. The third kappa shape index (κ3) is 5.37. The standard InChI is InChI=1S/C10H18BrNO2/c1-7(2)9(14)12-6-5-8(13)10(3,4)11/h7H,5-6H2,1-4H3,(H,12,14). The molecule has 0 aliphatic heterocycles. The normalized spacial score (nSPS) is 11.6. The Bertz CT molecular complexity index is 219. The number of halogens is 1. The van der Waals surface area contributed by atoms with E-state index in [1.807, 2.05) is 13.8 Å². The maximum atomic E-state index is 11.4. The maximum Gasteiger partial charge on any atom is 0.222 e. The van der Waals surface area contributed by atoms with E-state index < -0.39 is 4.32 Å². The average Bonchev–Trinajstić information content (AvgIpc) is 2.01. The van der Waals surface area contributed by atoms with Gasteiger partial charge < -0.3 is 5.32 Å². The van der Waals surface area contributed by atoms with Crippen LogP contribution in [0.2, 0.25) is 0 Å². The lowest BCUT2D eigenvalue weighted by molar-refractivity contribution is -0.124. The lowest BCUT2D eigenvalue weighted by atomic mass is 10.1. The predicted molar refractivity (Wildman–Crippen MR) is 60.5 cm³/mol. The summed E-state index contributed by atoms with van der Waals surface area (Å²) in [5.74, 6) is 0.0637. The Labute approximate surface area is 93.8 Å². The van der Waals surface area contributed by atoms with Crippen LogP contribution in [0.1, 0.15) is 34.1 Å². The summed E-state index contributed by atoms with van der Waals surface area (Å²) in [5.41, 5.74) is 0. The molecule has 0 rings (SSSR count). The van der Waals surface area contributed by atoms with Crippen molar-refractivity contribution in [3.05, 3.63) is 0 Å². The van der Waals surface area contributed by atoms with Crippen LogP contribution >= 0.6 is 15.9 Å². The molecule has 0 heterocycles. The van der Waals surface area contributed by atoms with Gasteiger partial charge >= 0.3 is 0 Å². The molecule has 0 saturated carbocycles. The second-order valence-corrected chi connectivity index (χ2v) is 6.07. The molecule has 0 fully saturated rings.